The Labute approximate surface area is 184 Å². The predicted molar refractivity (Wildman–Crippen MR) is 112 cm³/mol. The van der Waals surface area contributed by atoms with Gasteiger partial charge >= 0.3 is 5.97 Å². The predicted octanol–water partition coefficient (Wildman–Crippen LogP) is 1.99. The van der Waals surface area contributed by atoms with Crippen molar-refractivity contribution in [3.05, 3.63) is 57.6 Å². The lowest BCUT2D eigenvalue weighted by molar-refractivity contribution is 0.0600. The second-order valence-electron chi connectivity index (χ2n) is 6.49. The van der Waals surface area contributed by atoms with Gasteiger partial charge in [0.25, 0.3) is 0 Å². The molecule has 0 aliphatic rings. The van der Waals surface area contributed by atoms with Gasteiger partial charge in [-0.2, -0.15) is 0 Å². The van der Waals surface area contributed by atoms with Crippen LogP contribution < -0.4 is 10.3 Å². The molecule has 0 spiro atoms. The van der Waals surface area contributed by atoms with Crippen LogP contribution >= 0.6 is 23.2 Å². The van der Waals surface area contributed by atoms with Crippen molar-refractivity contribution in [2.24, 2.45) is 10.3 Å². The second kappa shape index (κ2) is 9.60. The van der Waals surface area contributed by atoms with E-state index < -0.39 is 31.6 Å². The molecular formula is C17H20Cl2N2O7S2. The van der Waals surface area contributed by atoms with E-state index in [1.807, 2.05) is 0 Å². The molecule has 5 N–H and O–H groups in total. The number of esters is 1. The summed E-state index contributed by atoms with van der Waals surface area (Å²) in [7, 11) is -6.51. The lowest BCUT2D eigenvalue weighted by Crippen LogP contribution is -2.18. The van der Waals surface area contributed by atoms with Gasteiger partial charge < -0.3 is 9.84 Å². The summed E-state index contributed by atoms with van der Waals surface area (Å²) in [6.45, 7) is 3.07. The molecule has 2 aromatic carbocycles. The number of aliphatic hydroxyl groups is 1. The number of rotatable bonds is 4. The number of hydrogen-bond acceptors (Lipinski definition) is 7. The van der Waals surface area contributed by atoms with Crippen LogP contribution in [0.1, 0.15) is 29.8 Å². The highest BCUT2D eigenvalue weighted by atomic mass is 35.5. The summed E-state index contributed by atoms with van der Waals surface area (Å²) in [5, 5.41) is 19.9. The maximum absolute atomic E-state index is 11.1. The topological polar surface area (TPSA) is 167 Å². The van der Waals surface area contributed by atoms with Crippen molar-refractivity contribution >= 4 is 49.2 Å². The minimum Gasteiger partial charge on any atom is -0.465 e. The minimum atomic E-state index is -3.88. The number of methoxy groups -OCH3 is 1. The molecule has 0 fully saturated rings. The van der Waals surface area contributed by atoms with Gasteiger partial charge in [-0.15, -0.1) is 0 Å². The molecule has 0 saturated heterocycles. The summed E-state index contributed by atoms with van der Waals surface area (Å²) in [4.78, 5) is 10.8. The highest BCUT2D eigenvalue weighted by molar-refractivity contribution is 7.89. The number of ether oxygens (including phenoxy) is 1. The molecule has 0 aliphatic heterocycles. The van der Waals surface area contributed by atoms with Crippen molar-refractivity contribution in [1.82, 2.24) is 0 Å². The number of nitrogens with two attached hydrogens (primary N) is 2. The van der Waals surface area contributed by atoms with E-state index in [9.17, 15) is 26.7 Å². The van der Waals surface area contributed by atoms with Crippen LogP contribution in [-0.2, 0) is 30.4 Å². The Morgan fingerprint density at radius 3 is 1.73 bits per heavy atom. The van der Waals surface area contributed by atoms with Crippen LogP contribution in [-0.4, -0.2) is 35.0 Å². The maximum atomic E-state index is 11.1. The van der Waals surface area contributed by atoms with Gasteiger partial charge in [0.15, 0.2) is 0 Å². The van der Waals surface area contributed by atoms with Gasteiger partial charge in [0.05, 0.1) is 28.1 Å². The molecule has 0 heterocycles. The van der Waals surface area contributed by atoms with E-state index in [1.165, 1.54) is 45.2 Å². The third-order valence-electron chi connectivity index (χ3n) is 3.53. The fourth-order valence-electron chi connectivity index (χ4n) is 2.04. The molecule has 0 atom stereocenters. The van der Waals surface area contributed by atoms with E-state index in [0.717, 1.165) is 12.1 Å². The minimum absolute atomic E-state index is 0.0361. The quantitative estimate of drug-likeness (QED) is 0.541. The summed E-state index contributed by atoms with van der Waals surface area (Å²) in [6, 6.07) is 7.60. The molecule has 9 nitrogen and oxygen atoms in total. The number of halogens is 2. The third kappa shape index (κ3) is 7.84. The van der Waals surface area contributed by atoms with Gasteiger partial charge in [-0.3, -0.25) is 0 Å². The van der Waals surface area contributed by atoms with E-state index in [4.69, 9.17) is 33.5 Å². The van der Waals surface area contributed by atoms with Crippen molar-refractivity contribution in [2.75, 3.05) is 7.11 Å². The molecule has 0 amide bonds. The van der Waals surface area contributed by atoms with Gasteiger partial charge in [0.2, 0.25) is 20.0 Å². The number of carbonyl (C=O) groups excluding carboxylic acids is 1. The fraction of sp³-hybridized carbons (Fsp3) is 0.235. The summed E-state index contributed by atoms with van der Waals surface area (Å²) >= 11 is 11.4. The Morgan fingerprint density at radius 2 is 1.33 bits per heavy atom. The first kappa shape index (κ1) is 26.3. The second-order valence-corrected chi connectivity index (χ2v) is 10.5. The van der Waals surface area contributed by atoms with Gasteiger partial charge in [-0.05, 0) is 55.8 Å². The highest BCUT2D eigenvalue weighted by Crippen LogP contribution is 2.26. The van der Waals surface area contributed by atoms with Gasteiger partial charge in [-0.1, -0.05) is 23.2 Å². The Morgan fingerprint density at radius 1 is 0.900 bits per heavy atom. The normalized spacial score (nSPS) is 12.0. The lowest BCUT2D eigenvalue weighted by atomic mass is 9.99. The Kier molecular flexibility index (Phi) is 8.42. The van der Waals surface area contributed by atoms with Crippen LogP contribution in [0, 0.1) is 0 Å². The first-order chi connectivity index (χ1) is 13.4. The van der Waals surface area contributed by atoms with Crippen LogP contribution in [0.25, 0.3) is 0 Å². The number of carbonyl (C=O) groups is 1. The van der Waals surface area contributed by atoms with Crippen molar-refractivity contribution in [2.45, 2.75) is 29.2 Å². The fourth-order valence-corrected chi connectivity index (χ4v) is 3.81. The Bertz CT molecular complexity index is 1160. The third-order valence-corrected chi connectivity index (χ3v) is 5.75. The van der Waals surface area contributed by atoms with E-state index in [2.05, 4.69) is 4.74 Å². The van der Waals surface area contributed by atoms with Gasteiger partial charge in [0.1, 0.15) is 0 Å². The van der Waals surface area contributed by atoms with E-state index in [-0.39, 0.29) is 25.4 Å². The van der Waals surface area contributed by atoms with Crippen LogP contribution in [0.4, 0.5) is 0 Å². The SMILES string of the molecule is CC(C)(O)c1cc(Cl)cc(S(N)(=O)=O)c1.COC(=O)c1cc(Cl)cc(S(N)(=O)=O)c1. The first-order valence-electron chi connectivity index (χ1n) is 7.93. The molecule has 0 aliphatic carbocycles. The molecule has 166 valence electrons. The number of hydrogen-bond donors (Lipinski definition) is 3. The number of primary sulfonamides is 2. The molecule has 2 aromatic rings. The average Bonchev–Trinajstić information content (AvgIpc) is 2.58. The summed E-state index contributed by atoms with van der Waals surface area (Å²) in [5.41, 5.74) is -0.724. The smallest absolute Gasteiger partial charge is 0.337 e. The van der Waals surface area contributed by atoms with Crippen LogP contribution in [0.2, 0.25) is 10.0 Å². The summed E-state index contributed by atoms with van der Waals surface area (Å²) in [5.74, 6) is -0.678. The Hall–Kier alpha value is -1.73. The number of benzene rings is 2. The first-order valence-corrected chi connectivity index (χ1v) is 11.8. The van der Waals surface area contributed by atoms with Gasteiger partial charge in [0, 0.05) is 10.0 Å². The molecule has 13 heteroatoms. The van der Waals surface area contributed by atoms with Gasteiger partial charge in [-0.25, -0.2) is 31.9 Å². The van der Waals surface area contributed by atoms with Crippen molar-refractivity contribution in [3.63, 3.8) is 0 Å². The highest BCUT2D eigenvalue weighted by Gasteiger charge is 2.20. The largest absolute Gasteiger partial charge is 0.465 e. The maximum Gasteiger partial charge on any atom is 0.337 e. The zero-order chi connectivity index (χ0) is 23.5. The van der Waals surface area contributed by atoms with E-state index in [1.54, 1.807) is 0 Å². The lowest BCUT2D eigenvalue weighted by Gasteiger charge is -2.18. The summed E-state index contributed by atoms with van der Waals surface area (Å²) < 4.78 is 48.7. The molecule has 0 saturated carbocycles. The molecule has 0 bridgehead atoms. The zero-order valence-corrected chi connectivity index (χ0v) is 19.2. The van der Waals surface area contributed by atoms with E-state index in [0.29, 0.717) is 5.56 Å². The molecule has 0 aromatic heterocycles. The zero-order valence-electron chi connectivity index (χ0n) is 16.1. The molecule has 30 heavy (non-hydrogen) atoms. The molecule has 0 unspecified atom stereocenters. The number of sulfonamides is 2. The molecule has 2 rings (SSSR count). The van der Waals surface area contributed by atoms with Crippen molar-refractivity contribution in [1.29, 1.82) is 0 Å². The summed E-state index contributed by atoms with van der Waals surface area (Å²) in [6.07, 6.45) is 0. The monoisotopic (exact) mass is 498 g/mol. The van der Waals surface area contributed by atoms with Crippen molar-refractivity contribution in [3.8, 4) is 0 Å². The van der Waals surface area contributed by atoms with Crippen LogP contribution in [0.3, 0.4) is 0 Å². The molecular weight excluding hydrogens is 479 g/mol. The average molecular weight is 499 g/mol. The van der Waals surface area contributed by atoms with Crippen molar-refractivity contribution < 1.29 is 31.5 Å². The van der Waals surface area contributed by atoms with Crippen LogP contribution in [0.15, 0.2) is 46.2 Å². The van der Waals surface area contributed by atoms with Crippen LogP contribution in [0.5, 0.6) is 0 Å². The Balaban J connectivity index is 0.000000300. The van der Waals surface area contributed by atoms with E-state index >= 15 is 0 Å². The standard InChI is InChI=1S/C9H12ClNO3S.C8H8ClNO4S/c1-9(2,12)6-3-7(10)5-8(4-6)15(11,13)14;1-14-8(11)5-2-6(9)4-7(3-5)15(10,12)13/h3-5,12H,1-2H3,(H2,11,13,14);2-4H,1H3,(H2,10,12,13). The molecule has 0 radical (unpaired) electrons.